The molecule has 88 heavy (non-hydrogen) atoms. The van der Waals surface area contributed by atoms with Crippen LogP contribution >= 0.6 is 23.2 Å². The van der Waals surface area contributed by atoms with Crippen molar-refractivity contribution in [1.82, 2.24) is 39.7 Å². The standard InChI is InChI=1S/C67H77Cl2FN12O6/c1-7-88-58-38-46(65(2,3)4)14-22-52(58)62-75-66(5,44-10-15-47(68)16-11-44)67(6,45-12-17-48(69)18-13-45)82(62)64(85)78-30-28-77(29-31-78)32-34-87-36-35-86-33-24-59(83)73-25-27-81-57(40-71)60-43-37-56(61(72)74-41-43)79-26-8-9-55(79)53-39-49(70)19-23-51(53)63(84)80(50-20-21-50)42-54(60)76-81/h10-19,22-23,37-39,41,50,55H,7-9,20-21,24-36,42H2,1-6H3,(H2,72,74)(H,73,83)/t55-,66+,67-/m1/s1. The number of hydrogen-bond donors (Lipinski definition) is 2. The number of halogens is 3. The van der Waals surface area contributed by atoms with Gasteiger partial charge in [-0.2, -0.15) is 10.4 Å². The third-order valence-electron chi connectivity index (χ3n) is 18.1. The fourth-order valence-electron chi connectivity index (χ4n) is 12.9. The zero-order valence-corrected chi connectivity index (χ0v) is 52.5. The molecule has 3 fully saturated rings. The van der Waals surface area contributed by atoms with Gasteiger partial charge in [-0.3, -0.25) is 29.1 Å². The fourth-order valence-corrected chi connectivity index (χ4v) is 13.1. The third-order valence-corrected chi connectivity index (χ3v) is 18.6. The Morgan fingerprint density at radius 1 is 0.841 bits per heavy atom. The van der Waals surface area contributed by atoms with Gasteiger partial charge in [0.2, 0.25) is 5.91 Å². The number of hydrogen-bond acceptors (Lipinski definition) is 13. The van der Waals surface area contributed by atoms with Crippen molar-refractivity contribution < 1.29 is 33.0 Å². The van der Waals surface area contributed by atoms with Gasteiger partial charge in [0.15, 0.2) is 0 Å². The number of amidine groups is 1. The van der Waals surface area contributed by atoms with Gasteiger partial charge in [0.25, 0.3) is 5.91 Å². The van der Waals surface area contributed by atoms with Crippen molar-refractivity contribution in [2.24, 2.45) is 4.99 Å². The highest BCUT2D eigenvalue weighted by molar-refractivity contribution is 6.30. The summed E-state index contributed by atoms with van der Waals surface area (Å²) in [7, 11) is 0. The Morgan fingerprint density at radius 2 is 1.53 bits per heavy atom. The first-order valence-corrected chi connectivity index (χ1v) is 31.3. The molecule has 3 atom stereocenters. The maximum atomic E-state index is 15.6. The Bertz CT molecular complexity index is 3650. The monoisotopic (exact) mass is 1230 g/mol. The molecule has 11 rings (SSSR count). The molecule has 18 nitrogen and oxygen atoms in total. The van der Waals surface area contributed by atoms with Crippen LogP contribution in [0.1, 0.15) is 129 Å². The first kappa shape index (κ1) is 62.0. The van der Waals surface area contributed by atoms with Gasteiger partial charge in [-0.1, -0.05) is 74.3 Å². The number of rotatable bonds is 18. The second kappa shape index (κ2) is 25.9. The van der Waals surface area contributed by atoms with Crippen LogP contribution in [0.15, 0.2) is 102 Å². The topological polar surface area (TPSA) is 200 Å². The number of carbonyl (C=O) groups excluding carboxylic acids is 3. The summed E-state index contributed by atoms with van der Waals surface area (Å²) < 4.78 is 34.7. The highest BCUT2D eigenvalue weighted by Gasteiger charge is 2.60. The number of nitriles is 1. The highest BCUT2D eigenvalue weighted by atomic mass is 35.5. The molecule has 0 spiro atoms. The van der Waals surface area contributed by atoms with Crippen LogP contribution in [0.4, 0.5) is 20.7 Å². The third kappa shape index (κ3) is 12.4. The van der Waals surface area contributed by atoms with Gasteiger partial charge in [0.1, 0.15) is 46.1 Å². The maximum Gasteiger partial charge on any atom is 0.326 e. The summed E-state index contributed by atoms with van der Waals surface area (Å²) in [6.07, 6.45) is 4.91. The number of carbonyl (C=O) groups is 3. The number of nitrogen functional groups attached to an aromatic ring is 1. The van der Waals surface area contributed by atoms with Crippen LogP contribution in [0.3, 0.4) is 0 Å². The van der Waals surface area contributed by atoms with E-state index in [2.05, 4.69) is 72.9 Å². The van der Waals surface area contributed by atoms with Gasteiger partial charge in [0.05, 0.1) is 69.1 Å². The van der Waals surface area contributed by atoms with Gasteiger partial charge in [-0.05, 0) is 135 Å². The van der Waals surface area contributed by atoms with E-state index >= 15 is 4.79 Å². The SMILES string of the molecule is CCOc1cc(C(C)(C)C)ccc1C1=N[C@@](C)(c2ccc(Cl)cc2)[C@@](C)(c2ccc(Cl)cc2)N1C(=O)N1CCN(CCOCCOCCC(=O)NCCn2nc3c(c2C#N)-c2cnc(N)c(c2)N2CCC[C@@H]2c2cc(F)ccc2C(=O)N(C2CC2)C3)CC1. The minimum absolute atomic E-state index is 0.0236. The lowest BCUT2D eigenvalue weighted by Crippen LogP contribution is -2.60. The molecule has 21 heteroatoms. The van der Waals surface area contributed by atoms with E-state index in [9.17, 15) is 19.2 Å². The Labute approximate surface area is 524 Å². The molecule has 2 saturated heterocycles. The summed E-state index contributed by atoms with van der Waals surface area (Å²) in [6, 6.07) is 29.7. The van der Waals surface area contributed by atoms with Crippen LogP contribution in [-0.2, 0) is 43.9 Å². The molecule has 4 aromatic carbocycles. The molecule has 6 aromatic rings. The van der Waals surface area contributed by atoms with Crippen LogP contribution in [0.2, 0.25) is 10.0 Å². The summed E-state index contributed by atoms with van der Waals surface area (Å²) in [5.41, 5.74) is 11.6. The molecular weight excluding hydrogens is 1160 g/mol. The highest BCUT2D eigenvalue weighted by Crippen LogP contribution is 2.54. The van der Waals surface area contributed by atoms with Gasteiger partial charge in [-0.25, -0.2) is 14.2 Å². The number of benzene rings is 4. The van der Waals surface area contributed by atoms with E-state index in [1.807, 2.05) is 77.4 Å². The zero-order valence-electron chi connectivity index (χ0n) is 51.0. The smallest absolute Gasteiger partial charge is 0.326 e. The second-order valence-corrected chi connectivity index (χ2v) is 25.5. The number of pyridine rings is 1. The van der Waals surface area contributed by atoms with Crippen molar-refractivity contribution in [3.63, 3.8) is 0 Å². The minimum Gasteiger partial charge on any atom is -0.493 e. The van der Waals surface area contributed by atoms with E-state index in [1.54, 1.807) is 21.8 Å². The van der Waals surface area contributed by atoms with Crippen molar-refractivity contribution in [2.45, 2.75) is 115 Å². The fraction of sp³-hybridized carbons (Fsp3) is 0.448. The number of fused-ring (bicyclic) bond motifs is 8. The summed E-state index contributed by atoms with van der Waals surface area (Å²) >= 11 is 13.0. The first-order valence-electron chi connectivity index (χ1n) is 30.6. The summed E-state index contributed by atoms with van der Waals surface area (Å²) in [5, 5.41) is 19.7. The number of amides is 4. The average Bonchev–Trinajstić information content (AvgIpc) is 1.72. The molecule has 0 radical (unpaired) electrons. The van der Waals surface area contributed by atoms with Crippen LogP contribution in [0, 0.1) is 17.1 Å². The van der Waals surface area contributed by atoms with Gasteiger partial charge in [0, 0.05) is 91.2 Å². The van der Waals surface area contributed by atoms with Crippen molar-refractivity contribution in [2.75, 3.05) is 89.5 Å². The average molecular weight is 1240 g/mol. The van der Waals surface area contributed by atoms with Crippen molar-refractivity contribution in [1.29, 1.82) is 5.26 Å². The predicted molar refractivity (Wildman–Crippen MR) is 338 cm³/mol. The van der Waals surface area contributed by atoms with E-state index in [1.165, 1.54) is 12.1 Å². The molecule has 5 aliphatic rings. The number of aromatic nitrogens is 3. The van der Waals surface area contributed by atoms with Crippen LogP contribution in [0.25, 0.3) is 11.1 Å². The van der Waals surface area contributed by atoms with Crippen molar-refractivity contribution in [3.05, 3.63) is 158 Å². The Balaban J connectivity index is 0.680. The van der Waals surface area contributed by atoms with E-state index in [4.69, 9.17) is 53.2 Å². The molecular formula is C67H77Cl2FN12O6. The zero-order chi connectivity index (χ0) is 62.1. The van der Waals surface area contributed by atoms with Crippen LogP contribution in [-0.4, -0.2) is 143 Å². The summed E-state index contributed by atoms with van der Waals surface area (Å²) in [4.78, 5) is 63.3. The number of ether oxygens (including phenoxy) is 3. The summed E-state index contributed by atoms with van der Waals surface area (Å²) in [5.74, 6) is 0.613. The van der Waals surface area contributed by atoms with Gasteiger partial charge >= 0.3 is 6.03 Å². The lowest BCUT2D eigenvalue weighted by Gasteiger charge is -2.47. The Kier molecular flexibility index (Phi) is 18.2. The number of piperazine rings is 1. The van der Waals surface area contributed by atoms with E-state index in [0.717, 1.165) is 41.5 Å². The normalized spacial score (nSPS) is 20.4. The minimum atomic E-state index is -1.05. The first-order chi connectivity index (χ1) is 42.3. The molecule has 4 aliphatic heterocycles. The lowest BCUT2D eigenvalue weighted by atomic mass is 9.71. The summed E-state index contributed by atoms with van der Waals surface area (Å²) in [6.45, 7) is 18.4. The molecule has 3 N–H and O–H groups in total. The second-order valence-electron chi connectivity index (χ2n) is 24.6. The maximum absolute atomic E-state index is 15.6. The predicted octanol–water partition coefficient (Wildman–Crippen LogP) is 10.9. The van der Waals surface area contributed by atoms with Crippen molar-refractivity contribution in [3.8, 4) is 22.9 Å². The molecule has 4 amide bonds. The molecule has 2 bridgehead atoms. The van der Waals surface area contributed by atoms with Gasteiger partial charge < -0.3 is 40.0 Å². The quantitative estimate of drug-likeness (QED) is 0.0773. The number of nitrogens with one attached hydrogen (secondary N) is 1. The molecule has 1 aliphatic carbocycles. The number of nitrogens with two attached hydrogens (primary N) is 1. The Morgan fingerprint density at radius 3 is 2.22 bits per heavy atom. The van der Waals surface area contributed by atoms with E-state index < -0.39 is 16.9 Å². The van der Waals surface area contributed by atoms with Crippen LogP contribution in [0.5, 0.6) is 5.75 Å². The molecule has 6 heterocycles. The van der Waals surface area contributed by atoms with Gasteiger partial charge in [-0.15, -0.1) is 0 Å². The van der Waals surface area contributed by atoms with Crippen molar-refractivity contribution >= 4 is 58.4 Å². The molecule has 2 aromatic heterocycles. The lowest BCUT2D eigenvalue weighted by molar-refractivity contribution is -0.122. The molecule has 1 saturated carbocycles. The molecule has 0 unspecified atom stereocenters. The number of aliphatic imine (C=N–C) groups is 1. The number of anilines is 2. The Hall–Kier alpha value is -7.60. The van der Waals surface area contributed by atoms with E-state index in [0.29, 0.717) is 133 Å². The number of urea groups is 1. The van der Waals surface area contributed by atoms with Crippen LogP contribution < -0.4 is 20.7 Å². The number of nitrogens with zero attached hydrogens (tertiary/aromatic N) is 10. The largest absolute Gasteiger partial charge is 0.493 e. The molecule has 462 valence electrons. The van der Waals surface area contributed by atoms with E-state index in [-0.39, 0.29) is 73.7 Å².